The number of alkyl halides is 3. The summed E-state index contributed by atoms with van der Waals surface area (Å²) in [5.74, 6) is -0.713. The summed E-state index contributed by atoms with van der Waals surface area (Å²) in [5.41, 5.74) is 6.85. The van der Waals surface area contributed by atoms with Crippen LogP contribution in [0, 0.1) is 6.92 Å². The van der Waals surface area contributed by atoms with Gasteiger partial charge in [-0.3, -0.25) is 24.5 Å². The van der Waals surface area contributed by atoms with Crippen LogP contribution in [0.1, 0.15) is 58.7 Å². The minimum Gasteiger partial charge on any atom is -0.493 e. The Morgan fingerprint density at radius 1 is 1.12 bits per heavy atom. The van der Waals surface area contributed by atoms with Gasteiger partial charge in [-0.15, -0.1) is 0 Å². The smallest absolute Gasteiger partial charge is 0.416 e. The van der Waals surface area contributed by atoms with Crippen molar-refractivity contribution < 1.29 is 41.8 Å². The number of carbonyl (C=O) groups excluding carboxylic acids is 4. The zero-order valence-corrected chi connectivity index (χ0v) is 27.1. The number of amides is 4. The van der Waals surface area contributed by atoms with Crippen molar-refractivity contribution in [1.29, 1.82) is 0 Å². The van der Waals surface area contributed by atoms with Crippen LogP contribution in [0.25, 0.3) is 10.9 Å². The van der Waals surface area contributed by atoms with Crippen molar-refractivity contribution in [2.75, 3.05) is 30.1 Å². The van der Waals surface area contributed by atoms with E-state index in [1.165, 1.54) is 18.1 Å². The van der Waals surface area contributed by atoms with Gasteiger partial charge in [-0.2, -0.15) is 13.2 Å². The van der Waals surface area contributed by atoms with Gasteiger partial charge in [0.05, 0.1) is 24.2 Å². The number of ether oxygens (including phenoxy) is 2. The summed E-state index contributed by atoms with van der Waals surface area (Å²) in [7, 11) is 1.41. The van der Waals surface area contributed by atoms with Gasteiger partial charge >= 0.3 is 6.18 Å². The molecule has 5 N–H and O–H groups in total. The van der Waals surface area contributed by atoms with Crippen molar-refractivity contribution in [2.45, 2.75) is 51.5 Å². The van der Waals surface area contributed by atoms with Crippen molar-refractivity contribution in [2.24, 2.45) is 0 Å². The molecule has 50 heavy (non-hydrogen) atoms. The fourth-order valence-electron chi connectivity index (χ4n) is 6.05. The Bertz CT molecular complexity index is 2050. The number of halogens is 3. The Labute approximate surface area is 283 Å². The molecule has 2 aliphatic rings. The van der Waals surface area contributed by atoms with E-state index in [0.717, 1.165) is 12.1 Å². The molecule has 0 spiro atoms. The van der Waals surface area contributed by atoms with Gasteiger partial charge in [-0.25, -0.2) is 9.97 Å². The number of fused-ring (bicyclic) bond motifs is 2. The molecule has 1 unspecified atom stereocenters. The van der Waals surface area contributed by atoms with Gasteiger partial charge in [0.2, 0.25) is 11.8 Å². The standard InChI is InChI=1S/C34H32F3N7O6/c1-16(18-9-19(34(35,36)37)11-20(38)10-18)39-31-22-12-27(49-3)28(13-25(22)40-17(2)41-31)50-15-30(46)42-24-6-4-5-21-23(24)14-44(33(21)48)26-7-8-29(45)43-32(26)47/h4-6,9-13,16,26H,7-8,14-15,38H2,1-3H3,(H,42,46)(H,39,40,41)(H,43,45,47)/t16-,26?/m1/s1. The van der Waals surface area contributed by atoms with Crippen LogP contribution in [-0.4, -0.2) is 58.3 Å². The molecular formula is C34H32F3N7O6. The van der Waals surface area contributed by atoms with Gasteiger partial charge < -0.3 is 30.7 Å². The summed E-state index contributed by atoms with van der Waals surface area (Å²) < 4.78 is 51.6. The van der Waals surface area contributed by atoms with Crippen molar-refractivity contribution in [1.82, 2.24) is 20.2 Å². The normalized spacial score (nSPS) is 16.6. The molecule has 0 aliphatic carbocycles. The van der Waals surface area contributed by atoms with Crippen molar-refractivity contribution in [3.63, 3.8) is 0 Å². The minimum absolute atomic E-state index is 0.0287. The first-order chi connectivity index (χ1) is 23.7. The zero-order chi connectivity index (χ0) is 35.9. The summed E-state index contributed by atoms with van der Waals surface area (Å²) in [6, 6.07) is 9.94. The SMILES string of the molecule is COc1cc2c(N[C@H](C)c3cc(N)cc(C(F)(F)F)c3)nc(C)nc2cc1OCC(=O)Nc1cccc2c1CN(C1CCC(=O)NC1=O)C2=O. The number of aromatic nitrogens is 2. The number of nitrogen functional groups attached to an aromatic ring is 1. The molecule has 2 aliphatic heterocycles. The lowest BCUT2D eigenvalue weighted by atomic mass is 10.0. The number of piperidine rings is 1. The Kier molecular flexibility index (Phi) is 8.95. The molecule has 2 atom stereocenters. The number of hydrogen-bond acceptors (Lipinski definition) is 10. The lowest BCUT2D eigenvalue weighted by molar-refractivity contribution is -0.138. The third kappa shape index (κ3) is 6.81. The number of benzene rings is 3. The predicted molar refractivity (Wildman–Crippen MR) is 175 cm³/mol. The van der Waals surface area contributed by atoms with E-state index >= 15 is 0 Å². The molecule has 16 heteroatoms. The largest absolute Gasteiger partial charge is 0.493 e. The molecule has 3 aromatic carbocycles. The first-order valence-corrected chi connectivity index (χ1v) is 15.5. The number of nitrogens with two attached hydrogens (primary N) is 1. The third-order valence-electron chi connectivity index (χ3n) is 8.47. The van der Waals surface area contributed by atoms with Gasteiger partial charge in [0.1, 0.15) is 17.7 Å². The number of carbonyl (C=O) groups is 4. The van der Waals surface area contributed by atoms with Crippen LogP contribution in [0.3, 0.4) is 0 Å². The fraction of sp³-hybridized carbons (Fsp3) is 0.294. The number of aryl methyl sites for hydroxylation is 1. The molecule has 0 radical (unpaired) electrons. The molecule has 6 rings (SSSR count). The summed E-state index contributed by atoms with van der Waals surface area (Å²) in [4.78, 5) is 60.6. The molecular weight excluding hydrogens is 659 g/mol. The Morgan fingerprint density at radius 3 is 2.62 bits per heavy atom. The van der Waals surface area contributed by atoms with E-state index < -0.39 is 42.2 Å². The van der Waals surface area contributed by atoms with Crippen LogP contribution in [0.4, 0.5) is 30.4 Å². The molecule has 0 bridgehead atoms. The highest BCUT2D eigenvalue weighted by molar-refractivity contribution is 6.07. The van der Waals surface area contributed by atoms with E-state index in [1.54, 1.807) is 44.2 Å². The highest BCUT2D eigenvalue weighted by Gasteiger charge is 2.40. The van der Waals surface area contributed by atoms with Crippen molar-refractivity contribution in [3.8, 4) is 11.5 Å². The van der Waals surface area contributed by atoms with Gasteiger partial charge in [0.15, 0.2) is 18.1 Å². The highest BCUT2D eigenvalue weighted by atomic mass is 19.4. The number of methoxy groups -OCH3 is 1. The summed E-state index contributed by atoms with van der Waals surface area (Å²) >= 11 is 0. The molecule has 4 aromatic rings. The van der Waals surface area contributed by atoms with Crippen molar-refractivity contribution in [3.05, 3.63) is 76.6 Å². The van der Waals surface area contributed by atoms with Gasteiger partial charge in [0.25, 0.3) is 11.8 Å². The maximum atomic E-state index is 13.4. The third-order valence-corrected chi connectivity index (χ3v) is 8.47. The van der Waals surface area contributed by atoms with E-state index in [-0.39, 0.29) is 48.4 Å². The topological polar surface area (TPSA) is 178 Å². The van der Waals surface area contributed by atoms with Gasteiger partial charge in [-0.05, 0) is 62.2 Å². The number of hydrogen-bond donors (Lipinski definition) is 4. The zero-order valence-electron chi connectivity index (χ0n) is 27.1. The van der Waals surface area contributed by atoms with Crippen LogP contribution < -0.4 is 31.2 Å². The lowest BCUT2D eigenvalue weighted by Gasteiger charge is -2.29. The van der Waals surface area contributed by atoms with Crippen molar-refractivity contribution >= 4 is 51.7 Å². The summed E-state index contributed by atoms with van der Waals surface area (Å²) in [6.07, 6.45) is -4.24. The average Bonchev–Trinajstić information content (AvgIpc) is 3.39. The quantitative estimate of drug-likeness (QED) is 0.144. The second-order valence-corrected chi connectivity index (χ2v) is 12.0. The molecule has 13 nitrogen and oxygen atoms in total. The highest BCUT2D eigenvalue weighted by Crippen LogP contribution is 2.37. The van der Waals surface area contributed by atoms with E-state index in [2.05, 4.69) is 25.9 Å². The number of rotatable bonds is 9. The van der Waals surface area contributed by atoms with E-state index in [9.17, 15) is 32.3 Å². The molecule has 260 valence electrons. The molecule has 0 saturated carbocycles. The molecule has 3 heterocycles. The number of anilines is 3. The maximum Gasteiger partial charge on any atom is 0.416 e. The lowest BCUT2D eigenvalue weighted by Crippen LogP contribution is -2.52. The molecule has 1 aromatic heterocycles. The van der Waals surface area contributed by atoms with Gasteiger partial charge in [-0.1, -0.05) is 6.07 Å². The molecule has 1 fully saturated rings. The minimum atomic E-state index is -4.57. The second-order valence-electron chi connectivity index (χ2n) is 12.0. The number of nitrogens with zero attached hydrogens (tertiary/aromatic N) is 3. The summed E-state index contributed by atoms with van der Waals surface area (Å²) in [6.45, 7) is 2.96. The van der Waals surface area contributed by atoms with E-state index in [1.807, 2.05) is 0 Å². The van der Waals surface area contributed by atoms with E-state index in [4.69, 9.17) is 15.2 Å². The molecule has 4 amide bonds. The monoisotopic (exact) mass is 691 g/mol. The first kappa shape index (κ1) is 34.0. The fourth-order valence-corrected chi connectivity index (χ4v) is 6.05. The Hall–Kier alpha value is -5.93. The van der Waals surface area contributed by atoms with Crippen LogP contribution in [0.15, 0.2) is 48.5 Å². The Balaban J connectivity index is 1.18. The second kappa shape index (κ2) is 13.2. The van der Waals surface area contributed by atoms with E-state index in [0.29, 0.717) is 44.9 Å². The van der Waals surface area contributed by atoms with Crippen LogP contribution >= 0.6 is 0 Å². The number of nitrogens with one attached hydrogen (secondary N) is 3. The van der Waals surface area contributed by atoms with Crippen LogP contribution in [0.5, 0.6) is 11.5 Å². The van der Waals surface area contributed by atoms with Crippen LogP contribution in [-0.2, 0) is 27.1 Å². The average molecular weight is 692 g/mol. The van der Waals surface area contributed by atoms with Gasteiger partial charge in [0, 0.05) is 46.9 Å². The summed E-state index contributed by atoms with van der Waals surface area (Å²) in [5, 5.41) is 8.67. The predicted octanol–water partition coefficient (Wildman–Crippen LogP) is 4.50. The van der Waals surface area contributed by atoms with Crippen LogP contribution in [0.2, 0.25) is 0 Å². The number of imide groups is 1. The molecule has 1 saturated heterocycles. The maximum absolute atomic E-state index is 13.4. The Morgan fingerprint density at radius 2 is 1.90 bits per heavy atom. The first-order valence-electron chi connectivity index (χ1n) is 15.5.